The molecule has 0 saturated heterocycles. The van der Waals surface area contributed by atoms with Gasteiger partial charge < -0.3 is 15.0 Å². The van der Waals surface area contributed by atoms with E-state index in [1.165, 1.54) is 5.56 Å². The van der Waals surface area contributed by atoms with Crippen molar-refractivity contribution in [2.75, 3.05) is 5.73 Å². The Balaban J connectivity index is 2.13. The molecule has 1 aliphatic heterocycles. The summed E-state index contributed by atoms with van der Waals surface area (Å²) in [6.07, 6.45) is 1.12. The van der Waals surface area contributed by atoms with E-state index in [-0.39, 0.29) is 6.10 Å². The Morgan fingerprint density at radius 2 is 2.31 bits per heavy atom. The maximum absolute atomic E-state index is 5.69. The monoisotopic (exact) mass is 216 g/mol. The van der Waals surface area contributed by atoms with Crippen molar-refractivity contribution < 1.29 is 9.26 Å². The van der Waals surface area contributed by atoms with Gasteiger partial charge >= 0.3 is 0 Å². The van der Waals surface area contributed by atoms with Gasteiger partial charge in [0.1, 0.15) is 17.5 Å². The van der Waals surface area contributed by atoms with Crippen molar-refractivity contribution in [2.24, 2.45) is 0 Å². The van der Waals surface area contributed by atoms with Crippen LogP contribution < -0.4 is 10.5 Å². The van der Waals surface area contributed by atoms with Crippen LogP contribution in [0.15, 0.2) is 28.8 Å². The minimum Gasteiger partial charge on any atom is -0.490 e. The molecule has 1 atom stereocenters. The van der Waals surface area contributed by atoms with E-state index in [9.17, 15) is 0 Å². The normalized spacial score (nSPS) is 18.2. The predicted octanol–water partition coefficient (Wildman–Crippen LogP) is 2.25. The molecule has 1 aromatic heterocycles. The van der Waals surface area contributed by atoms with Crippen LogP contribution in [0.2, 0.25) is 0 Å². The summed E-state index contributed by atoms with van der Waals surface area (Å²) < 4.78 is 10.6. The third kappa shape index (κ3) is 1.34. The molecular weight excluding hydrogens is 204 g/mol. The third-order valence-corrected chi connectivity index (χ3v) is 2.76. The first-order valence-electron chi connectivity index (χ1n) is 5.25. The second-order valence-corrected chi connectivity index (χ2v) is 4.03. The van der Waals surface area contributed by atoms with Gasteiger partial charge in [-0.25, -0.2) is 0 Å². The van der Waals surface area contributed by atoms with Crippen molar-refractivity contribution in [1.29, 1.82) is 0 Å². The first kappa shape index (κ1) is 9.27. The summed E-state index contributed by atoms with van der Waals surface area (Å²) in [6.45, 7) is 2.06. The number of nitrogens with zero attached hydrogens (tertiary/aromatic N) is 1. The van der Waals surface area contributed by atoms with Crippen molar-refractivity contribution in [1.82, 2.24) is 5.16 Å². The number of ether oxygens (including phenoxy) is 1. The summed E-state index contributed by atoms with van der Waals surface area (Å²) >= 11 is 0. The summed E-state index contributed by atoms with van der Waals surface area (Å²) in [7, 11) is 0. The quantitative estimate of drug-likeness (QED) is 0.794. The molecule has 0 radical (unpaired) electrons. The fourth-order valence-corrected chi connectivity index (χ4v) is 2.09. The zero-order chi connectivity index (χ0) is 11.1. The summed E-state index contributed by atoms with van der Waals surface area (Å²) in [5.41, 5.74) is 8.53. The standard InChI is InChI=1S/C12H12N2O2/c1-7-5-9-8(3-2-4-11(9)15-7)10-6-12(13)16-14-10/h2-4,6-7H,5,13H2,1H3. The lowest BCUT2D eigenvalue weighted by Gasteiger charge is -2.02. The highest BCUT2D eigenvalue weighted by Crippen LogP contribution is 2.36. The molecule has 3 rings (SSSR count). The molecular formula is C12H12N2O2. The Kier molecular flexibility index (Phi) is 1.89. The van der Waals surface area contributed by atoms with Gasteiger partial charge in [-0.3, -0.25) is 0 Å². The number of nitrogen functional groups attached to an aromatic ring is 1. The van der Waals surface area contributed by atoms with Crippen molar-refractivity contribution in [3.63, 3.8) is 0 Å². The Morgan fingerprint density at radius 3 is 3.06 bits per heavy atom. The van der Waals surface area contributed by atoms with Crippen LogP contribution in [0.1, 0.15) is 12.5 Å². The van der Waals surface area contributed by atoms with Crippen molar-refractivity contribution in [2.45, 2.75) is 19.4 Å². The lowest BCUT2D eigenvalue weighted by molar-refractivity contribution is 0.254. The molecule has 2 heterocycles. The Hall–Kier alpha value is -1.97. The van der Waals surface area contributed by atoms with Crippen LogP contribution in [-0.4, -0.2) is 11.3 Å². The molecule has 1 aromatic carbocycles. The predicted molar refractivity (Wildman–Crippen MR) is 60.1 cm³/mol. The van der Waals surface area contributed by atoms with Gasteiger partial charge in [0.15, 0.2) is 0 Å². The number of nitrogens with two attached hydrogens (primary N) is 1. The number of anilines is 1. The minimum atomic E-state index is 0.223. The van der Waals surface area contributed by atoms with Gasteiger partial charge in [-0.15, -0.1) is 0 Å². The van der Waals surface area contributed by atoms with E-state index in [0.29, 0.717) is 5.88 Å². The molecule has 0 spiro atoms. The second-order valence-electron chi connectivity index (χ2n) is 4.03. The first-order chi connectivity index (χ1) is 7.74. The smallest absolute Gasteiger partial charge is 0.222 e. The second kappa shape index (κ2) is 3.27. The van der Waals surface area contributed by atoms with Crippen LogP contribution in [0, 0.1) is 0 Å². The molecule has 0 amide bonds. The molecule has 0 aliphatic carbocycles. The molecule has 2 aromatic rings. The molecule has 1 aliphatic rings. The van der Waals surface area contributed by atoms with Crippen molar-refractivity contribution in [3.8, 4) is 17.0 Å². The first-order valence-corrected chi connectivity index (χ1v) is 5.25. The lowest BCUT2D eigenvalue weighted by Crippen LogP contribution is -2.05. The Bertz CT molecular complexity index is 534. The van der Waals surface area contributed by atoms with Crippen LogP contribution in [0.25, 0.3) is 11.3 Å². The average molecular weight is 216 g/mol. The number of hydrogen-bond acceptors (Lipinski definition) is 4. The molecule has 0 bridgehead atoms. The van der Waals surface area contributed by atoms with Gasteiger partial charge in [0.25, 0.3) is 0 Å². The topological polar surface area (TPSA) is 61.3 Å². The Morgan fingerprint density at radius 1 is 1.44 bits per heavy atom. The zero-order valence-electron chi connectivity index (χ0n) is 8.93. The van der Waals surface area contributed by atoms with Gasteiger partial charge in [-0.2, -0.15) is 0 Å². The molecule has 16 heavy (non-hydrogen) atoms. The van der Waals surface area contributed by atoms with E-state index in [4.69, 9.17) is 15.0 Å². The summed E-state index contributed by atoms with van der Waals surface area (Å²) in [6, 6.07) is 7.68. The summed E-state index contributed by atoms with van der Waals surface area (Å²) in [5.74, 6) is 1.27. The van der Waals surface area contributed by atoms with E-state index in [0.717, 1.165) is 23.4 Å². The van der Waals surface area contributed by atoms with Gasteiger partial charge in [-0.05, 0) is 13.0 Å². The van der Waals surface area contributed by atoms with E-state index < -0.39 is 0 Å². The number of hydrogen-bond donors (Lipinski definition) is 1. The molecule has 4 heteroatoms. The van der Waals surface area contributed by atoms with E-state index in [2.05, 4.69) is 12.1 Å². The maximum Gasteiger partial charge on any atom is 0.222 e. The highest BCUT2D eigenvalue weighted by atomic mass is 16.5. The molecule has 0 saturated carbocycles. The van der Waals surface area contributed by atoms with Crippen LogP contribution in [-0.2, 0) is 6.42 Å². The molecule has 0 fully saturated rings. The SMILES string of the molecule is CC1Cc2c(cccc2-c2cc(N)on2)O1. The van der Waals surface area contributed by atoms with Crippen LogP contribution >= 0.6 is 0 Å². The van der Waals surface area contributed by atoms with E-state index in [1.54, 1.807) is 6.07 Å². The fourth-order valence-electron chi connectivity index (χ4n) is 2.09. The molecule has 1 unspecified atom stereocenters. The average Bonchev–Trinajstić information content (AvgIpc) is 2.82. The van der Waals surface area contributed by atoms with Gasteiger partial charge in [0.05, 0.1) is 0 Å². The van der Waals surface area contributed by atoms with Crippen molar-refractivity contribution >= 4 is 5.88 Å². The highest BCUT2D eigenvalue weighted by Gasteiger charge is 2.23. The van der Waals surface area contributed by atoms with Crippen LogP contribution in [0.3, 0.4) is 0 Å². The lowest BCUT2D eigenvalue weighted by atomic mass is 10.0. The number of rotatable bonds is 1. The molecule has 2 N–H and O–H groups in total. The summed E-state index contributed by atoms with van der Waals surface area (Å²) in [4.78, 5) is 0. The number of aromatic nitrogens is 1. The number of benzene rings is 1. The van der Waals surface area contributed by atoms with Gasteiger partial charge in [0.2, 0.25) is 5.88 Å². The zero-order valence-corrected chi connectivity index (χ0v) is 8.93. The molecule has 4 nitrogen and oxygen atoms in total. The summed E-state index contributed by atoms with van der Waals surface area (Å²) in [5, 5.41) is 3.93. The highest BCUT2D eigenvalue weighted by molar-refractivity contribution is 5.69. The van der Waals surface area contributed by atoms with E-state index >= 15 is 0 Å². The van der Waals surface area contributed by atoms with E-state index in [1.807, 2.05) is 18.2 Å². The largest absolute Gasteiger partial charge is 0.490 e. The maximum atomic E-state index is 5.69. The van der Waals surface area contributed by atoms with Gasteiger partial charge in [0, 0.05) is 23.6 Å². The van der Waals surface area contributed by atoms with Crippen LogP contribution in [0.4, 0.5) is 5.88 Å². The third-order valence-electron chi connectivity index (χ3n) is 2.76. The number of fused-ring (bicyclic) bond motifs is 1. The van der Waals surface area contributed by atoms with Gasteiger partial charge in [-0.1, -0.05) is 17.3 Å². The minimum absolute atomic E-state index is 0.223. The van der Waals surface area contributed by atoms with Crippen molar-refractivity contribution in [3.05, 3.63) is 29.8 Å². The van der Waals surface area contributed by atoms with Crippen LogP contribution in [0.5, 0.6) is 5.75 Å². The Labute approximate surface area is 93.0 Å². The molecule has 82 valence electrons. The fraction of sp³-hybridized carbons (Fsp3) is 0.250.